The number of hydrogen-bond acceptors (Lipinski definition) is 2. The molecule has 0 spiro atoms. The molecule has 1 atom stereocenters. The molecule has 3 heteroatoms. The highest BCUT2D eigenvalue weighted by Gasteiger charge is 2.38. The summed E-state index contributed by atoms with van der Waals surface area (Å²) in [5.74, 6) is -0.690. The molecule has 1 fully saturated rings. The molecule has 0 aliphatic heterocycles. The standard InChI is InChI=1S/C8H15NO2/c1-8(9,7(10)11)6-4-2-3-5-6/h6H,2-5,9H2,1H3,(H,10,11)/t8-/m0/s1. The molecule has 11 heavy (non-hydrogen) atoms. The van der Waals surface area contributed by atoms with Gasteiger partial charge in [0.05, 0.1) is 0 Å². The molecular formula is C8H15NO2. The maximum Gasteiger partial charge on any atom is 0.323 e. The molecule has 1 saturated carbocycles. The van der Waals surface area contributed by atoms with Crippen molar-refractivity contribution in [2.45, 2.75) is 38.1 Å². The van der Waals surface area contributed by atoms with Gasteiger partial charge in [-0.1, -0.05) is 12.8 Å². The van der Waals surface area contributed by atoms with Crippen LogP contribution in [0, 0.1) is 5.92 Å². The molecular weight excluding hydrogens is 142 g/mol. The van der Waals surface area contributed by atoms with E-state index in [2.05, 4.69) is 0 Å². The lowest BCUT2D eigenvalue weighted by Crippen LogP contribution is -2.50. The van der Waals surface area contributed by atoms with Gasteiger partial charge < -0.3 is 10.8 Å². The van der Waals surface area contributed by atoms with E-state index in [0.29, 0.717) is 0 Å². The first-order valence-corrected chi connectivity index (χ1v) is 4.07. The molecule has 0 aromatic carbocycles. The first-order valence-electron chi connectivity index (χ1n) is 4.07. The van der Waals surface area contributed by atoms with Gasteiger partial charge in [-0.05, 0) is 25.7 Å². The van der Waals surface area contributed by atoms with Crippen molar-refractivity contribution in [3.8, 4) is 0 Å². The molecule has 0 radical (unpaired) electrons. The van der Waals surface area contributed by atoms with Gasteiger partial charge in [-0.3, -0.25) is 4.79 Å². The number of rotatable bonds is 2. The van der Waals surface area contributed by atoms with E-state index in [4.69, 9.17) is 10.8 Å². The lowest BCUT2D eigenvalue weighted by molar-refractivity contribution is -0.144. The third-order valence-electron chi connectivity index (χ3n) is 2.66. The minimum atomic E-state index is -1.00. The molecule has 1 rings (SSSR count). The van der Waals surface area contributed by atoms with Gasteiger partial charge in [0.15, 0.2) is 0 Å². The number of hydrogen-bond donors (Lipinski definition) is 2. The van der Waals surface area contributed by atoms with Crippen LogP contribution in [0.3, 0.4) is 0 Å². The van der Waals surface area contributed by atoms with E-state index in [9.17, 15) is 4.79 Å². The smallest absolute Gasteiger partial charge is 0.323 e. The highest BCUT2D eigenvalue weighted by atomic mass is 16.4. The third-order valence-corrected chi connectivity index (χ3v) is 2.66. The van der Waals surface area contributed by atoms with E-state index in [-0.39, 0.29) is 5.92 Å². The number of carbonyl (C=O) groups is 1. The van der Waals surface area contributed by atoms with Crippen LogP contribution in [0.1, 0.15) is 32.6 Å². The van der Waals surface area contributed by atoms with Crippen molar-refractivity contribution in [1.82, 2.24) is 0 Å². The summed E-state index contributed by atoms with van der Waals surface area (Å²) >= 11 is 0. The van der Waals surface area contributed by atoms with Gasteiger partial charge in [-0.2, -0.15) is 0 Å². The Bertz CT molecular complexity index is 159. The Kier molecular flexibility index (Phi) is 2.18. The predicted octanol–water partition coefficient (Wildman–Crippen LogP) is 0.979. The third kappa shape index (κ3) is 1.53. The molecule has 64 valence electrons. The van der Waals surface area contributed by atoms with Crippen molar-refractivity contribution in [3.05, 3.63) is 0 Å². The second-order valence-corrected chi connectivity index (χ2v) is 3.57. The topological polar surface area (TPSA) is 63.3 Å². The fourth-order valence-corrected chi connectivity index (χ4v) is 1.70. The number of aliphatic carboxylic acids is 1. The maximum atomic E-state index is 10.7. The Hall–Kier alpha value is -0.570. The summed E-state index contributed by atoms with van der Waals surface area (Å²) in [5.41, 5.74) is 4.66. The molecule has 0 heterocycles. The molecule has 0 unspecified atom stereocenters. The Labute approximate surface area is 66.6 Å². The zero-order valence-corrected chi connectivity index (χ0v) is 6.84. The highest BCUT2D eigenvalue weighted by Crippen LogP contribution is 2.32. The number of carboxylic acids is 1. The van der Waals surface area contributed by atoms with Crippen LogP contribution in [-0.2, 0) is 4.79 Å². The average Bonchev–Trinajstić information content (AvgIpc) is 2.37. The average molecular weight is 157 g/mol. The number of nitrogens with two attached hydrogens (primary N) is 1. The Balaban J connectivity index is 2.62. The summed E-state index contributed by atoms with van der Waals surface area (Å²) in [6, 6.07) is 0. The molecule has 0 aromatic rings. The van der Waals surface area contributed by atoms with Crippen molar-refractivity contribution in [2.75, 3.05) is 0 Å². The quantitative estimate of drug-likeness (QED) is 0.628. The van der Waals surface area contributed by atoms with E-state index in [0.717, 1.165) is 25.7 Å². The summed E-state index contributed by atoms with van der Waals surface area (Å²) in [4.78, 5) is 10.7. The molecule has 3 nitrogen and oxygen atoms in total. The molecule has 0 amide bonds. The van der Waals surface area contributed by atoms with Gasteiger partial charge in [0.1, 0.15) is 5.54 Å². The minimum absolute atomic E-state index is 0.181. The van der Waals surface area contributed by atoms with E-state index < -0.39 is 11.5 Å². The van der Waals surface area contributed by atoms with Crippen molar-refractivity contribution in [2.24, 2.45) is 11.7 Å². The summed E-state index contributed by atoms with van der Waals surface area (Å²) in [6.45, 7) is 1.62. The fraction of sp³-hybridized carbons (Fsp3) is 0.875. The van der Waals surface area contributed by atoms with Crippen molar-refractivity contribution in [1.29, 1.82) is 0 Å². The second-order valence-electron chi connectivity index (χ2n) is 3.57. The van der Waals surface area contributed by atoms with Crippen molar-refractivity contribution >= 4 is 5.97 Å². The van der Waals surface area contributed by atoms with E-state index in [1.165, 1.54) is 0 Å². The Morgan fingerprint density at radius 1 is 1.55 bits per heavy atom. The summed E-state index contributed by atoms with van der Waals surface area (Å²) in [5, 5.41) is 8.78. The Morgan fingerprint density at radius 3 is 2.36 bits per heavy atom. The van der Waals surface area contributed by atoms with Crippen LogP contribution >= 0.6 is 0 Å². The largest absolute Gasteiger partial charge is 0.480 e. The van der Waals surface area contributed by atoms with Crippen LogP contribution in [0.5, 0.6) is 0 Å². The monoisotopic (exact) mass is 157 g/mol. The molecule has 0 bridgehead atoms. The predicted molar refractivity (Wildman–Crippen MR) is 42.2 cm³/mol. The summed E-state index contributed by atoms with van der Waals surface area (Å²) in [6.07, 6.45) is 4.20. The number of carboxylic acid groups (broad SMARTS) is 1. The van der Waals surface area contributed by atoms with Crippen molar-refractivity contribution in [3.63, 3.8) is 0 Å². The van der Waals surface area contributed by atoms with E-state index >= 15 is 0 Å². The fourth-order valence-electron chi connectivity index (χ4n) is 1.70. The molecule has 0 aromatic heterocycles. The van der Waals surface area contributed by atoms with Gasteiger partial charge in [0.2, 0.25) is 0 Å². The van der Waals surface area contributed by atoms with Gasteiger partial charge in [-0.25, -0.2) is 0 Å². The van der Waals surface area contributed by atoms with E-state index in [1.54, 1.807) is 6.92 Å². The SMILES string of the molecule is C[C@@](N)(C(=O)O)C1CCCC1. The molecule has 1 aliphatic rings. The van der Waals surface area contributed by atoms with Gasteiger partial charge in [-0.15, -0.1) is 0 Å². The zero-order chi connectivity index (χ0) is 8.48. The lowest BCUT2D eigenvalue weighted by atomic mass is 9.85. The van der Waals surface area contributed by atoms with Gasteiger partial charge in [0.25, 0.3) is 0 Å². The molecule has 0 saturated heterocycles. The van der Waals surface area contributed by atoms with Crippen LogP contribution in [0.25, 0.3) is 0 Å². The summed E-state index contributed by atoms with van der Waals surface area (Å²) in [7, 11) is 0. The van der Waals surface area contributed by atoms with Crippen LogP contribution < -0.4 is 5.73 Å². The summed E-state index contributed by atoms with van der Waals surface area (Å²) < 4.78 is 0. The maximum absolute atomic E-state index is 10.7. The minimum Gasteiger partial charge on any atom is -0.480 e. The van der Waals surface area contributed by atoms with Crippen molar-refractivity contribution < 1.29 is 9.90 Å². The molecule has 1 aliphatic carbocycles. The molecule has 3 N–H and O–H groups in total. The second kappa shape index (κ2) is 2.81. The lowest BCUT2D eigenvalue weighted by Gasteiger charge is -2.26. The normalized spacial score (nSPS) is 24.9. The van der Waals surface area contributed by atoms with Crippen LogP contribution in [0.2, 0.25) is 0 Å². The van der Waals surface area contributed by atoms with Gasteiger partial charge in [0, 0.05) is 0 Å². The van der Waals surface area contributed by atoms with Gasteiger partial charge >= 0.3 is 5.97 Å². The van der Waals surface area contributed by atoms with E-state index in [1.807, 2.05) is 0 Å². The van der Waals surface area contributed by atoms with Crippen LogP contribution in [0.4, 0.5) is 0 Å². The van der Waals surface area contributed by atoms with Crippen LogP contribution in [-0.4, -0.2) is 16.6 Å². The Morgan fingerprint density at radius 2 is 2.00 bits per heavy atom. The van der Waals surface area contributed by atoms with Crippen LogP contribution in [0.15, 0.2) is 0 Å². The zero-order valence-electron chi connectivity index (χ0n) is 6.84. The first-order chi connectivity index (χ1) is 5.05. The first kappa shape index (κ1) is 8.53. The highest BCUT2D eigenvalue weighted by molar-refractivity contribution is 5.78.